The summed E-state index contributed by atoms with van der Waals surface area (Å²) in [6, 6.07) is 9.35. The molecule has 2 aliphatic carbocycles. The van der Waals surface area contributed by atoms with Crippen LogP contribution in [0.1, 0.15) is 70.2 Å². The van der Waals surface area contributed by atoms with Gasteiger partial charge in [0.1, 0.15) is 11.5 Å². The quantitative estimate of drug-likeness (QED) is 0.384. The molecule has 1 aliphatic heterocycles. The smallest absolute Gasteiger partial charge is 0.276 e. The van der Waals surface area contributed by atoms with Gasteiger partial charge < -0.3 is 15.1 Å². The van der Waals surface area contributed by atoms with Crippen molar-refractivity contribution < 1.29 is 9.90 Å². The van der Waals surface area contributed by atoms with Gasteiger partial charge in [-0.05, 0) is 68.4 Å². The van der Waals surface area contributed by atoms with Crippen LogP contribution in [0.2, 0.25) is 0 Å². The molecular weight excluding hydrogens is 494 g/mol. The highest BCUT2D eigenvalue weighted by molar-refractivity contribution is 6.06. The largest absolute Gasteiger partial charge is 0.391 e. The molecule has 0 saturated heterocycles. The number of rotatable bonds is 7. The number of amides is 1. The number of aromatic nitrogens is 5. The van der Waals surface area contributed by atoms with Crippen molar-refractivity contribution in [3.8, 4) is 5.69 Å². The maximum Gasteiger partial charge on any atom is 0.276 e. The monoisotopic (exact) mass is 525 g/mol. The molecule has 1 saturated carbocycles. The Hall–Kier alpha value is -4.18. The molecule has 7 rings (SSSR count). The predicted octanol–water partition coefficient (Wildman–Crippen LogP) is 2.88. The van der Waals surface area contributed by atoms with Gasteiger partial charge in [0.2, 0.25) is 0 Å². The number of hydrogen-bond acceptors (Lipinski definition) is 6. The van der Waals surface area contributed by atoms with Crippen LogP contribution in [0.15, 0.2) is 53.7 Å². The van der Waals surface area contributed by atoms with Gasteiger partial charge in [0.05, 0.1) is 30.7 Å². The zero-order chi connectivity index (χ0) is 26.5. The molecule has 0 spiro atoms. The van der Waals surface area contributed by atoms with Crippen LogP contribution in [-0.4, -0.2) is 41.6 Å². The Balaban J connectivity index is 1.20. The fourth-order valence-electron chi connectivity index (χ4n) is 6.08. The molecule has 5 heterocycles. The molecule has 0 bridgehead atoms. The van der Waals surface area contributed by atoms with Crippen LogP contribution in [0.4, 0.5) is 5.82 Å². The number of hydrogen-bond donors (Lipinski definition) is 2. The van der Waals surface area contributed by atoms with Crippen LogP contribution >= 0.6 is 0 Å². The number of fused-ring (bicyclic) bond motifs is 3. The third-order valence-corrected chi connectivity index (χ3v) is 8.21. The number of pyridine rings is 2. The molecule has 0 radical (unpaired) electrons. The third kappa shape index (κ3) is 4.06. The van der Waals surface area contributed by atoms with Crippen LogP contribution in [0.3, 0.4) is 0 Å². The van der Waals surface area contributed by atoms with Crippen molar-refractivity contribution in [2.75, 3.05) is 16.9 Å². The normalized spacial score (nSPS) is 16.7. The molecule has 0 aromatic carbocycles. The van der Waals surface area contributed by atoms with Gasteiger partial charge in [-0.25, -0.2) is 4.98 Å². The highest BCUT2D eigenvalue weighted by Gasteiger charge is 2.32. The van der Waals surface area contributed by atoms with Crippen molar-refractivity contribution in [2.24, 2.45) is 0 Å². The van der Waals surface area contributed by atoms with E-state index in [0.717, 1.165) is 44.2 Å². The minimum absolute atomic E-state index is 0.119. The number of carbonyl (C=O) groups is 1. The molecule has 4 aromatic heterocycles. The average Bonchev–Trinajstić information content (AvgIpc) is 3.57. The lowest BCUT2D eigenvalue weighted by atomic mass is 9.98. The van der Waals surface area contributed by atoms with Gasteiger partial charge in [-0.3, -0.25) is 19.1 Å². The topological polar surface area (TPSA) is 110 Å². The Labute approximate surface area is 225 Å². The van der Waals surface area contributed by atoms with Gasteiger partial charge in [-0.2, -0.15) is 9.89 Å². The second-order valence-corrected chi connectivity index (χ2v) is 10.6. The van der Waals surface area contributed by atoms with E-state index in [4.69, 9.17) is 0 Å². The van der Waals surface area contributed by atoms with E-state index in [0.29, 0.717) is 53.9 Å². The first-order valence-corrected chi connectivity index (χ1v) is 13.7. The zero-order valence-corrected chi connectivity index (χ0v) is 21.7. The van der Waals surface area contributed by atoms with E-state index in [9.17, 15) is 14.7 Å². The summed E-state index contributed by atoms with van der Waals surface area (Å²) in [7, 11) is 0. The Morgan fingerprint density at radius 2 is 1.92 bits per heavy atom. The molecule has 3 aliphatic rings. The van der Waals surface area contributed by atoms with Gasteiger partial charge in [-0.1, -0.05) is 6.07 Å². The standard InChI is InChI=1S/C29H31N7O3/c37-18-22-25(34-13-3-5-21(28(34)38)17-32-36-24(10-12-31-36)19-7-8-19)9-11-30-27(22)35-15-14-33-23-6-2-1-4-20(23)16-26(33)29(35)39/h3,5,9-13,16,19,32,37H,1-2,4,6-8,14-15,17-18H2. The molecule has 39 heavy (non-hydrogen) atoms. The van der Waals surface area contributed by atoms with E-state index in [1.54, 1.807) is 40.4 Å². The SMILES string of the molecule is O=C1c2cc3c(n2CCN1c1nccc(-n2cccc(CNn4nccc4C4CC4)c2=O)c1CO)CCCC3. The van der Waals surface area contributed by atoms with Crippen LogP contribution in [0, 0.1) is 0 Å². The van der Waals surface area contributed by atoms with Gasteiger partial charge >= 0.3 is 0 Å². The molecule has 200 valence electrons. The number of nitrogens with one attached hydrogen (secondary N) is 1. The predicted molar refractivity (Wildman–Crippen MR) is 146 cm³/mol. The number of aliphatic hydroxyl groups excluding tert-OH is 1. The number of nitrogens with zero attached hydrogens (tertiary/aromatic N) is 6. The van der Waals surface area contributed by atoms with Gasteiger partial charge in [0.25, 0.3) is 11.5 Å². The molecule has 1 fully saturated rings. The van der Waals surface area contributed by atoms with Crippen LogP contribution < -0.4 is 15.9 Å². The number of carbonyl (C=O) groups excluding carboxylic acids is 1. The van der Waals surface area contributed by atoms with Gasteiger partial charge in [-0.15, -0.1) is 0 Å². The molecule has 4 aromatic rings. The van der Waals surface area contributed by atoms with Crippen LogP contribution in [0.25, 0.3) is 5.69 Å². The Morgan fingerprint density at radius 1 is 1.05 bits per heavy atom. The minimum atomic E-state index is -0.354. The molecule has 0 atom stereocenters. The van der Waals surface area contributed by atoms with Crippen molar-refractivity contribution in [1.82, 2.24) is 24.0 Å². The van der Waals surface area contributed by atoms with Crippen LogP contribution in [-0.2, 0) is 32.5 Å². The highest BCUT2D eigenvalue weighted by atomic mass is 16.3. The Kier molecular flexibility index (Phi) is 5.84. The minimum Gasteiger partial charge on any atom is -0.391 e. The maximum atomic E-state index is 13.6. The molecular formula is C29H31N7O3. The van der Waals surface area contributed by atoms with Gasteiger partial charge in [0, 0.05) is 48.2 Å². The fourth-order valence-corrected chi connectivity index (χ4v) is 6.08. The number of aryl methyl sites for hydroxylation is 1. The van der Waals surface area contributed by atoms with Crippen molar-refractivity contribution in [3.63, 3.8) is 0 Å². The van der Waals surface area contributed by atoms with E-state index in [1.807, 2.05) is 18.2 Å². The summed E-state index contributed by atoms with van der Waals surface area (Å²) in [6.07, 6.45) is 11.7. The second kappa shape index (κ2) is 9.53. The second-order valence-electron chi connectivity index (χ2n) is 10.6. The lowest BCUT2D eigenvalue weighted by Crippen LogP contribution is -2.41. The first-order valence-electron chi connectivity index (χ1n) is 13.7. The Morgan fingerprint density at radius 3 is 2.77 bits per heavy atom. The molecule has 2 N–H and O–H groups in total. The van der Waals surface area contributed by atoms with Gasteiger partial charge in [0.15, 0.2) is 0 Å². The van der Waals surface area contributed by atoms with E-state index < -0.39 is 0 Å². The number of aliphatic hydroxyl groups is 1. The fraction of sp³-hybridized carbons (Fsp3) is 0.379. The summed E-state index contributed by atoms with van der Waals surface area (Å²) in [5.74, 6) is 0.804. The first kappa shape index (κ1) is 23.9. The van der Waals surface area contributed by atoms with E-state index in [2.05, 4.69) is 20.1 Å². The average molecular weight is 526 g/mol. The lowest BCUT2D eigenvalue weighted by Gasteiger charge is -2.30. The summed E-state index contributed by atoms with van der Waals surface area (Å²) >= 11 is 0. The molecule has 1 amide bonds. The summed E-state index contributed by atoms with van der Waals surface area (Å²) < 4.78 is 3.68. The molecule has 10 heteroatoms. The van der Waals surface area contributed by atoms with Crippen molar-refractivity contribution >= 4 is 11.7 Å². The molecule has 10 nitrogen and oxygen atoms in total. The first-order chi connectivity index (χ1) is 19.1. The van der Waals surface area contributed by atoms with Crippen LogP contribution in [0.5, 0.6) is 0 Å². The summed E-state index contributed by atoms with van der Waals surface area (Å²) in [5, 5.41) is 14.8. The number of anilines is 1. The highest BCUT2D eigenvalue weighted by Crippen LogP contribution is 2.39. The summed E-state index contributed by atoms with van der Waals surface area (Å²) in [4.78, 5) is 35.1. The van der Waals surface area contributed by atoms with E-state index >= 15 is 0 Å². The lowest BCUT2D eigenvalue weighted by molar-refractivity contribution is 0.0963. The molecule has 0 unspecified atom stereocenters. The summed E-state index contributed by atoms with van der Waals surface area (Å²) in [5.41, 5.74) is 8.94. The third-order valence-electron chi connectivity index (χ3n) is 8.21. The maximum absolute atomic E-state index is 13.6. The van der Waals surface area contributed by atoms with Crippen molar-refractivity contribution in [3.05, 3.63) is 93.0 Å². The van der Waals surface area contributed by atoms with Crippen molar-refractivity contribution in [1.29, 1.82) is 0 Å². The van der Waals surface area contributed by atoms with Crippen molar-refractivity contribution in [2.45, 2.75) is 64.1 Å². The van der Waals surface area contributed by atoms with E-state index in [1.165, 1.54) is 15.8 Å². The van der Waals surface area contributed by atoms with E-state index in [-0.39, 0.29) is 18.1 Å². The Bertz CT molecular complexity index is 1630. The zero-order valence-electron chi connectivity index (χ0n) is 21.7. The summed E-state index contributed by atoms with van der Waals surface area (Å²) in [6.45, 7) is 1.10.